The molecule has 6 heteroatoms. The van der Waals surface area contributed by atoms with Crippen molar-refractivity contribution in [3.63, 3.8) is 0 Å². The molecule has 6 nitrogen and oxygen atoms in total. The molecule has 1 fully saturated rings. The summed E-state index contributed by atoms with van der Waals surface area (Å²) in [6.45, 7) is 7.43. The first kappa shape index (κ1) is 26.2. The number of hydrogen-bond donors (Lipinski definition) is 2. The van der Waals surface area contributed by atoms with Crippen molar-refractivity contribution in [3.05, 3.63) is 77.4 Å². The van der Waals surface area contributed by atoms with Gasteiger partial charge in [0.15, 0.2) is 5.96 Å². The summed E-state index contributed by atoms with van der Waals surface area (Å²) in [7, 11) is 0. The Bertz CT molecular complexity index is 1040. The smallest absolute Gasteiger partial charge is 0.280 e. The standard InChI is InChI=1S/C29H38N4O2/c1-29(2,3)24-16-18-25(19-17-24)33(26(34)11-7-10-21-8-5-4-6-9-21)20-22-12-14-23(15-13-22)27(35)32-28(30)31/h4-10,12-15,24-25H,11,16-20H2,1-3H3,(H4,30,31,32,35)/b10-7+. The van der Waals surface area contributed by atoms with Gasteiger partial charge in [0.05, 0.1) is 0 Å². The number of carbonyl (C=O) groups is 2. The molecule has 0 heterocycles. The molecule has 186 valence electrons. The largest absolute Gasteiger partial charge is 0.370 e. The average molecular weight is 475 g/mol. The molecule has 1 aliphatic rings. The number of benzene rings is 2. The molecule has 0 radical (unpaired) electrons. The van der Waals surface area contributed by atoms with Crippen molar-refractivity contribution in [1.29, 1.82) is 0 Å². The van der Waals surface area contributed by atoms with Gasteiger partial charge in [0.1, 0.15) is 0 Å². The van der Waals surface area contributed by atoms with Gasteiger partial charge in [-0.05, 0) is 60.3 Å². The van der Waals surface area contributed by atoms with E-state index in [4.69, 9.17) is 11.5 Å². The Balaban J connectivity index is 1.73. The molecule has 2 amide bonds. The van der Waals surface area contributed by atoms with E-state index in [0.29, 0.717) is 24.4 Å². The van der Waals surface area contributed by atoms with E-state index in [1.54, 1.807) is 12.1 Å². The van der Waals surface area contributed by atoms with Crippen LogP contribution >= 0.6 is 0 Å². The minimum Gasteiger partial charge on any atom is -0.370 e. The molecule has 0 unspecified atom stereocenters. The molecule has 0 atom stereocenters. The maximum Gasteiger partial charge on any atom is 0.280 e. The van der Waals surface area contributed by atoms with Crippen LogP contribution in [0.25, 0.3) is 6.08 Å². The summed E-state index contributed by atoms with van der Waals surface area (Å²) >= 11 is 0. The Morgan fingerprint density at radius 3 is 2.17 bits per heavy atom. The zero-order valence-corrected chi connectivity index (χ0v) is 21.1. The molecule has 0 aliphatic heterocycles. The second-order valence-electron chi connectivity index (χ2n) is 10.4. The molecule has 0 spiro atoms. The number of aliphatic imine (C=N–C) groups is 1. The van der Waals surface area contributed by atoms with Gasteiger partial charge in [0.2, 0.25) is 5.91 Å². The van der Waals surface area contributed by atoms with E-state index in [1.165, 1.54) is 0 Å². The van der Waals surface area contributed by atoms with Gasteiger partial charge in [0, 0.05) is 24.6 Å². The number of rotatable bonds is 7. The Hall–Kier alpha value is -3.41. The van der Waals surface area contributed by atoms with Crippen molar-refractivity contribution in [2.45, 2.75) is 65.5 Å². The van der Waals surface area contributed by atoms with Crippen LogP contribution in [-0.4, -0.2) is 28.7 Å². The summed E-state index contributed by atoms with van der Waals surface area (Å²) in [6, 6.07) is 17.4. The summed E-state index contributed by atoms with van der Waals surface area (Å²) in [5.41, 5.74) is 13.4. The third-order valence-corrected chi connectivity index (χ3v) is 6.87. The molecule has 1 saturated carbocycles. The maximum absolute atomic E-state index is 13.4. The SMILES string of the molecule is CC(C)(C)C1CCC(N(Cc2ccc(C(=O)N=C(N)N)cc2)C(=O)C/C=C/c2ccccc2)CC1. The Labute approximate surface area is 209 Å². The van der Waals surface area contributed by atoms with Crippen molar-refractivity contribution in [3.8, 4) is 0 Å². The number of hydrogen-bond acceptors (Lipinski definition) is 2. The summed E-state index contributed by atoms with van der Waals surface area (Å²) < 4.78 is 0. The number of nitrogens with two attached hydrogens (primary N) is 2. The van der Waals surface area contributed by atoms with Crippen LogP contribution in [0.2, 0.25) is 0 Å². The maximum atomic E-state index is 13.4. The number of carbonyl (C=O) groups excluding carboxylic acids is 2. The van der Waals surface area contributed by atoms with Gasteiger partial charge in [-0.25, -0.2) is 0 Å². The van der Waals surface area contributed by atoms with E-state index < -0.39 is 5.91 Å². The Kier molecular flexibility index (Phi) is 8.85. The molecule has 4 N–H and O–H groups in total. The van der Waals surface area contributed by atoms with Gasteiger partial charge in [-0.2, -0.15) is 4.99 Å². The minimum absolute atomic E-state index is 0.122. The van der Waals surface area contributed by atoms with Gasteiger partial charge in [-0.3, -0.25) is 9.59 Å². The lowest BCUT2D eigenvalue weighted by atomic mass is 9.71. The van der Waals surface area contributed by atoms with Gasteiger partial charge in [-0.15, -0.1) is 0 Å². The van der Waals surface area contributed by atoms with Gasteiger partial charge in [-0.1, -0.05) is 75.4 Å². The highest BCUT2D eigenvalue weighted by Gasteiger charge is 2.33. The lowest BCUT2D eigenvalue weighted by molar-refractivity contribution is -0.134. The zero-order chi connectivity index (χ0) is 25.4. The first-order valence-electron chi connectivity index (χ1n) is 12.4. The predicted octanol–water partition coefficient (Wildman–Crippen LogP) is 5.14. The third kappa shape index (κ3) is 7.81. The highest BCUT2D eigenvalue weighted by molar-refractivity contribution is 6.01. The molecule has 0 bridgehead atoms. The minimum atomic E-state index is -0.476. The normalized spacial score (nSPS) is 18.3. The third-order valence-electron chi connectivity index (χ3n) is 6.87. The van der Waals surface area contributed by atoms with Crippen LogP contribution in [0.1, 0.15) is 74.4 Å². The van der Waals surface area contributed by atoms with E-state index in [1.807, 2.05) is 59.5 Å². The van der Waals surface area contributed by atoms with Gasteiger partial charge >= 0.3 is 0 Å². The number of guanidine groups is 1. The molecule has 35 heavy (non-hydrogen) atoms. The zero-order valence-electron chi connectivity index (χ0n) is 21.1. The van der Waals surface area contributed by atoms with Crippen LogP contribution in [-0.2, 0) is 11.3 Å². The quantitative estimate of drug-likeness (QED) is 0.429. The highest BCUT2D eigenvalue weighted by Crippen LogP contribution is 2.39. The van der Waals surface area contributed by atoms with E-state index in [2.05, 4.69) is 25.8 Å². The van der Waals surface area contributed by atoms with Crippen molar-refractivity contribution < 1.29 is 9.59 Å². The fourth-order valence-electron chi connectivity index (χ4n) is 4.78. The molecule has 1 aliphatic carbocycles. The molecule has 3 rings (SSSR count). The average Bonchev–Trinajstić information content (AvgIpc) is 2.82. The predicted molar refractivity (Wildman–Crippen MR) is 142 cm³/mol. The topological polar surface area (TPSA) is 102 Å². The van der Waals surface area contributed by atoms with Gasteiger partial charge < -0.3 is 16.4 Å². The summed E-state index contributed by atoms with van der Waals surface area (Å²) in [6.07, 6.45) is 8.58. The molecule has 0 saturated heterocycles. The van der Waals surface area contributed by atoms with Crippen LogP contribution < -0.4 is 11.5 Å². The second-order valence-corrected chi connectivity index (χ2v) is 10.4. The highest BCUT2D eigenvalue weighted by atomic mass is 16.2. The fraction of sp³-hybridized carbons (Fsp3) is 0.414. The first-order valence-corrected chi connectivity index (χ1v) is 12.4. The van der Waals surface area contributed by atoms with Crippen molar-refractivity contribution in [2.75, 3.05) is 0 Å². The van der Waals surface area contributed by atoms with E-state index >= 15 is 0 Å². The van der Waals surface area contributed by atoms with Crippen LogP contribution in [0.15, 0.2) is 65.7 Å². The summed E-state index contributed by atoms with van der Waals surface area (Å²) in [5.74, 6) is 0.0628. The van der Waals surface area contributed by atoms with Crippen LogP contribution in [0.4, 0.5) is 0 Å². The van der Waals surface area contributed by atoms with Crippen LogP contribution in [0, 0.1) is 11.3 Å². The summed E-state index contributed by atoms with van der Waals surface area (Å²) in [5, 5.41) is 0. The van der Waals surface area contributed by atoms with Crippen LogP contribution in [0.3, 0.4) is 0 Å². The molecular formula is C29H38N4O2. The van der Waals surface area contributed by atoms with Crippen molar-refractivity contribution in [1.82, 2.24) is 4.90 Å². The Morgan fingerprint density at radius 1 is 0.971 bits per heavy atom. The number of nitrogens with zero attached hydrogens (tertiary/aromatic N) is 2. The van der Waals surface area contributed by atoms with E-state index in [9.17, 15) is 9.59 Å². The lowest BCUT2D eigenvalue weighted by Crippen LogP contribution is -2.43. The molecule has 0 aromatic heterocycles. The lowest BCUT2D eigenvalue weighted by Gasteiger charge is -2.41. The van der Waals surface area contributed by atoms with E-state index in [0.717, 1.165) is 36.8 Å². The molecular weight excluding hydrogens is 436 g/mol. The first-order chi connectivity index (χ1) is 16.6. The second kappa shape index (κ2) is 11.8. The van der Waals surface area contributed by atoms with Gasteiger partial charge in [0.25, 0.3) is 5.91 Å². The monoisotopic (exact) mass is 474 g/mol. The summed E-state index contributed by atoms with van der Waals surface area (Å²) in [4.78, 5) is 31.1. The van der Waals surface area contributed by atoms with E-state index in [-0.39, 0.29) is 23.3 Å². The Morgan fingerprint density at radius 2 is 1.60 bits per heavy atom. The van der Waals surface area contributed by atoms with Crippen molar-refractivity contribution >= 4 is 23.8 Å². The molecule has 2 aromatic rings. The number of amides is 2. The van der Waals surface area contributed by atoms with Crippen LogP contribution in [0.5, 0.6) is 0 Å². The van der Waals surface area contributed by atoms with Crippen molar-refractivity contribution in [2.24, 2.45) is 27.8 Å². The fourth-order valence-corrected chi connectivity index (χ4v) is 4.78. The molecule has 2 aromatic carbocycles.